The van der Waals surface area contributed by atoms with E-state index in [4.69, 9.17) is 26.4 Å². The fourth-order valence-corrected chi connectivity index (χ4v) is 3.15. The van der Waals surface area contributed by atoms with Crippen molar-refractivity contribution in [3.8, 4) is 11.5 Å². The average Bonchev–Trinajstić information content (AvgIpc) is 2.59. The molecule has 1 aromatic rings. The molecular weight excluding hydrogens is 389 g/mol. The molecule has 2 rings (SSSR count). The molecule has 0 saturated carbocycles. The van der Waals surface area contributed by atoms with Gasteiger partial charge in [-0.15, -0.1) is 0 Å². The van der Waals surface area contributed by atoms with Crippen LogP contribution in [-0.2, 0) is 9.53 Å². The Bertz CT molecular complexity index is 730. The Hall–Kier alpha value is -2.27. The first kappa shape index (κ1) is 21.0. The van der Waals surface area contributed by atoms with E-state index < -0.39 is 34.9 Å². The largest absolute Gasteiger partial charge is 0.497 e. The first-order valence-electron chi connectivity index (χ1n) is 7.85. The number of hydrogen-bond donors (Lipinski definition) is 3. The van der Waals surface area contributed by atoms with Crippen molar-refractivity contribution in [2.75, 3.05) is 20.8 Å². The van der Waals surface area contributed by atoms with E-state index in [0.717, 1.165) is 0 Å². The number of ether oxygens (including phenoxy) is 3. The first-order valence-corrected chi connectivity index (χ1v) is 8.26. The molecule has 1 aliphatic heterocycles. The highest BCUT2D eigenvalue weighted by Crippen LogP contribution is 2.45. The van der Waals surface area contributed by atoms with Crippen LogP contribution in [0.15, 0.2) is 18.2 Å². The lowest BCUT2D eigenvalue weighted by Gasteiger charge is -2.45. The van der Waals surface area contributed by atoms with E-state index in [1.54, 1.807) is 5.32 Å². The Morgan fingerprint density at radius 2 is 2.00 bits per heavy atom. The summed E-state index contributed by atoms with van der Waals surface area (Å²) < 4.78 is 56.1. The summed E-state index contributed by atoms with van der Waals surface area (Å²) in [7, 11) is 2.73. The van der Waals surface area contributed by atoms with Crippen LogP contribution in [0.1, 0.15) is 18.5 Å². The Labute approximate surface area is 158 Å². The standard InChI is InChI=1S/C16H19F3N2O5S/c1-4-26-13(22)11-12(9-6-5-8(24-2)7-10(9)25-3)20-14(27)21-15(11,23)16(17,18)19/h5-7,11-12,23H,4H2,1-3H3,(H2,20,21,27)/t11-,12+,15+/m0/s1. The molecule has 0 radical (unpaired) electrons. The summed E-state index contributed by atoms with van der Waals surface area (Å²) in [4.78, 5) is 12.4. The second-order valence-corrected chi connectivity index (χ2v) is 6.09. The van der Waals surface area contributed by atoms with E-state index in [0.29, 0.717) is 5.75 Å². The number of esters is 1. The Balaban J connectivity index is 2.64. The van der Waals surface area contributed by atoms with Crippen molar-refractivity contribution >= 4 is 23.3 Å². The van der Waals surface area contributed by atoms with E-state index in [-0.39, 0.29) is 17.9 Å². The van der Waals surface area contributed by atoms with Crippen LogP contribution in [0.25, 0.3) is 0 Å². The third-order valence-corrected chi connectivity index (χ3v) is 4.34. The molecule has 0 spiro atoms. The van der Waals surface area contributed by atoms with Crippen molar-refractivity contribution < 1.29 is 37.3 Å². The van der Waals surface area contributed by atoms with Crippen LogP contribution in [0.2, 0.25) is 0 Å². The molecule has 1 aromatic carbocycles. The minimum absolute atomic E-state index is 0.148. The SMILES string of the molecule is CCOC(=O)[C@@H]1[C@@H](c2ccc(OC)cc2OC)NC(=S)N[C@]1(O)C(F)(F)F. The normalized spacial score (nSPS) is 25.2. The summed E-state index contributed by atoms with van der Waals surface area (Å²) in [5.41, 5.74) is -3.46. The van der Waals surface area contributed by atoms with E-state index in [9.17, 15) is 23.1 Å². The van der Waals surface area contributed by atoms with Crippen molar-refractivity contribution in [1.29, 1.82) is 0 Å². The molecule has 1 saturated heterocycles. The number of thiocarbonyl (C=S) groups is 1. The lowest BCUT2D eigenvalue weighted by molar-refractivity contribution is -0.292. The Morgan fingerprint density at radius 3 is 2.52 bits per heavy atom. The Morgan fingerprint density at radius 1 is 1.33 bits per heavy atom. The van der Waals surface area contributed by atoms with Crippen LogP contribution in [0.4, 0.5) is 13.2 Å². The zero-order valence-electron chi connectivity index (χ0n) is 14.7. The summed E-state index contributed by atoms with van der Waals surface area (Å²) in [6.45, 7) is 1.28. The van der Waals surface area contributed by atoms with Gasteiger partial charge in [-0.3, -0.25) is 4.79 Å². The fourth-order valence-electron chi connectivity index (χ4n) is 2.87. The summed E-state index contributed by atoms with van der Waals surface area (Å²) in [5, 5.41) is 14.3. The van der Waals surface area contributed by atoms with Crippen molar-refractivity contribution in [3.63, 3.8) is 0 Å². The quantitative estimate of drug-likeness (QED) is 0.501. The fraction of sp³-hybridized carbons (Fsp3) is 0.500. The van der Waals surface area contributed by atoms with Crippen LogP contribution in [0, 0.1) is 5.92 Å². The second kappa shape index (κ2) is 7.77. The summed E-state index contributed by atoms with van der Waals surface area (Å²) in [6.07, 6.45) is -5.21. The van der Waals surface area contributed by atoms with Crippen molar-refractivity contribution in [3.05, 3.63) is 23.8 Å². The zero-order chi connectivity index (χ0) is 20.4. The van der Waals surface area contributed by atoms with Gasteiger partial charge in [0.15, 0.2) is 5.11 Å². The first-order chi connectivity index (χ1) is 12.6. The number of hydrogen-bond acceptors (Lipinski definition) is 6. The molecule has 1 heterocycles. The van der Waals surface area contributed by atoms with Crippen LogP contribution in [-0.4, -0.2) is 48.9 Å². The molecule has 150 valence electrons. The van der Waals surface area contributed by atoms with Crippen LogP contribution in [0.5, 0.6) is 11.5 Å². The third kappa shape index (κ3) is 3.88. The number of benzene rings is 1. The number of carbonyl (C=O) groups excluding carboxylic acids is 1. The highest BCUT2D eigenvalue weighted by atomic mass is 32.1. The highest BCUT2D eigenvalue weighted by molar-refractivity contribution is 7.80. The number of nitrogens with one attached hydrogen (secondary N) is 2. The monoisotopic (exact) mass is 408 g/mol. The molecule has 0 aromatic heterocycles. The minimum Gasteiger partial charge on any atom is -0.497 e. The number of carbonyl (C=O) groups is 1. The van der Waals surface area contributed by atoms with Crippen molar-refractivity contribution in [2.45, 2.75) is 24.9 Å². The van der Waals surface area contributed by atoms with E-state index in [1.165, 1.54) is 39.3 Å². The second-order valence-electron chi connectivity index (χ2n) is 5.68. The molecule has 3 N–H and O–H groups in total. The molecule has 27 heavy (non-hydrogen) atoms. The van der Waals surface area contributed by atoms with Gasteiger partial charge < -0.3 is 30.0 Å². The van der Waals surface area contributed by atoms with Gasteiger partial charge in [-0.25, -0.2) is 0 Å². The number of halogens is 3. The van der Waals surface area contributed by atoms with Gasteiger partial charge in [0, 0.05) is 11.6 Å². The zero-order valence-corrected chi connectivity index (χ0v) is 15.5. The van der Waals surface area contributed by atoms with Crippen molar-refractivity contribution in [1.82, 2.24) is 10.6 Å². The van der Waals surface area contributed by atoms with Crippen LogP contribution >= 0.6 is 12.2 Å². The van der Waals surface area contributed by atoms with Gasteiger partial charge >= 0.3 is 12.1 Å². The van der Waals surface area contributed by atoms with E-state index in [1.807, 2.05) is 0 Å². The molecule has 1 aliphatic rings. The van der Waals surface area contributed by atoms with Gasteiger partial charge in [-0.05, 0) is 31.3 Å². The summed E-state index contributed by atoms with van der Waals surface area (Å²) >= 11 is 4.83. The molecule has 0 aliphatic carbocycles. The highest BCUT2D eigenvalue weighted by Gasteiger charge is 2.66. The Kier molecular flexibility index (Phi) is 6.05. The summed E-state index contributed by atoms with van der Waals surface area (Å²) in [6, 6.07) is 2.98. The lowest BCUT2D eigenvalue weighted by atomic mass is 9.81. The van der Waals surface area contributed by atoms with Crippen LogP contribution < -0.4 is 20.1 Å². The third-order valence-electron chi connectivity index (χ3n) is 4.12. The van der Waals surface area contributed by atoms with Gasteiger partial charge in [-0.2, -0.15) is 13.2 Å². The molecule has 7 nitrogen and oxygen atoms in total. The topological polar surface area (TPSA) is 89.1 Å². The van der Waals surface area contributed by atoms with Gasteiger partial charge in [-0.1, -0.05) is 0 Å². The van der Waals surface area contributed by atoms with Gasteiger partial charge in [0.05, 0.1) is 26.9 Å². The molecule has 1 fully saturated rings. The molecule has 3 atom stereocenters. The number of rotatable bonds is 5. The predicted octanol–water partition coefficient (Wildman–Crippen LogP) is 1.65. The van der Waals surface area contributed by atoms with Gasteiger partial charge in [0.2, 0.25) is 0 Å². The minimum atomic E-state index is -5.21. The summed E-state index contributed by atoms with van der Waals surface area (Å²) in [5.74, 6) is -2.80. The average molecular weight is 408 g/mol. The van der Waals surface area contributed by atoms with E-state index >= 15 is 0 Å². The predicted molar refractivity (Wildman–Crippen MR) is 92.3 cm³/mol. The van der Waals surface area contributed by atoms with Gasteiger partial charge in [0.25, 0.3) is 5.72 Å². The maximum Gasteiger partial charge on any atom is 0.437 e. The smallest absolute Gasteiger partial charge is 0.437 e. The number of methoxy groups -OCH3 is 2. The van der Waals surface area contributed by atoms with Gasteiger partial charge in [0.1, 0.15) is 17.4 Å². The van der Waals surface area contributed by atoms with Crippen LogP contribution in [0.3, 0.4) is 0 Å². The number of alkyl halides is 3. The maximum absolute atomic E-state index is 13.7. The number of aliphatic hydroxyl groups is 1. The molecule has 0 bridgehead atoms. The molecule has 11 heteroatoms. The molecule has 0 amide bonds. The van der Waals surface area contributed by atoms with E-state index in [2.05, 4.69) is 5.32 Å². The lowest BCUT2D eigenvalue weighted by Crippen LogP contribution is -2.73. The van der Waals surface area contributed by atoms with Crippen molar-refractivity contribution in [2.24, 2.45) is 5.92 Å². The molecular formula is C16H19F3N2O5S. The maximum atomic E-state index is 13.7. The molecule has 0 unspecified atom stereocenters.